The number of benzene rings is 1. The van der Waals surface area contributed by atoms with Gasteiger partial charge < -0.3 is 15.4 Å². The molecule has 0 fully saturated rings. The van der Waals surface area contributed by atoms with Crippen molar-refractivity contribution in [2.75, 3.05) is 38.8 Å². The van der Waals surface area contributed by atoms with Crippen LogP contribution < -0.4 is 20.3 Å². The van der Waals surface area contributed by atoms with E-state index in [9.17, 15) is 4.79 Å². The van der Waals surface area contributed by atoms with Crippen molar-refractivity contribution < 1.29 is 9.53 Å². The van der Waals surface area contributed by atoms with Gasteiger partial charge in [-0.3, -0.25) is 9.69 Å². The molecule has 5 heteroatoms. The Morgan fingerprint density at radius 3 is 2.89 bits per heavy atom. The monoisotopic (exact) mass is 249 g/mol. The van der Waals surface area contributed by atoms with Gasteiger partial charge in [-0.25, -0.2) is 0 Å². The van der Waals surface area contributed by atoms with E-state index in [1.165, 1.54) is 5.56 Å². The molecule has 1 aromatic rings. The van der Waals surface area contributed by atoms with Gasteiger partial charge in [-0.15, -0.1) is 0 Å². The fraction of sp³-hybridized carbons (Fsp3) is 0.462. The zero-order valence-corrected chi connectivity index (χ0v) is 10.8. The molecule has 0 spiro atoms. The summed E-state index contributed by atoms with van der Waals surface area (Å²) in [4.78, 5) is 13.5. The number of nitrogens with one attached hydrogen (secondary N) is 2. The lowest BCUT2D eigenvalue weighted by atomic mass is 10.1. The van der Waals surface area contributed by atoms with E-state index < -0.39 is 0 Å². The first-order valence-corrected chi connectivity index (χ1v) is 6.11. The summed E-state index contributed by atoms with van der Waals surface area (Å²) < 4.78 is 5.44. The first kappa shape index (κ1) is 12.9. The Morgan fingerprint density at radius 1 is 1.33 bits per heavy atom. The molecule has 0 bridgehead atoms. The lowest BCUT2D eigenvalue weighted by molar-refractivity contribution is -0.121. The lowest BCUT2D eigenvalue weighted by Gasteiger charge is -2.29. The molecule has 18 heavy (non-hydrogen) atoms. The summed E-state index contributed by atoms with van der Waals surface area (Å²) in [7, 11) is 3.76. The molecule has 0 radical (unpaired) electrons. The van der Waals surface area contributed by atoms with Gasteiger partial charge in [0.1, 0.15) is 5.75 Å². The Morgan fingerprint density at radius 2 is 2.17 bits per heavy atom. The molecule has 0 saturated heterocycles. The molecule has 98 valence electrons. The smallest absolute Gasteiger partial charge is 0.266 e. The van der Waals surface area contributed by atoms with Crippen molar-refractivity contribution in [2.24, 2.45) is 0 Å². The van der Waals surface area contributed by atoms with E-state index in [1.807, 2.05) is 32.3 Å². The molecular formula is C13H19N3O2. The number of hydrogen-bond donors (Lipinski definition) is 2. The minimum Gasteiger partial charge on any atom is -0.482 e. The number of anilines is 1. The van der Waals surface area contributed by atoms with Gasteiger partial charge in [0.05, 0.1) is 12.4 Å². The van der Waals surface area contributed by atoms with E-state index in [0.717, 1.165) is 24.4 Å². The van der Waals surface area contributed by atoms with E-state index >= 15 is 0 Å². The second-order valence-electron chi connectivity index (χ2n) is 4.28. The van der Waals surface area contributed by atoms with Crippen LogP contribution in [0.5, 0.6) is 5.75 Å². The summed E-state index contributed by atoms with van der Waals surface area (Å²) in [6.45, 7) is 1.54. The van der Waals surface area contributed by atoms with E-state index in [1.54, 1.807) is 4.90 Å². The molecular weight excluding hydrogens is 230 g/mol. The Hall–Kier alpha value is -1.59. The maximum atomic E-state index is 11.8. The second-order valence-corrected chi connectivity index (χ2v) is 4.28. The van der Waals surface area contributed by atoms with Crippen LogP contribution in [0.1, 0.15) is 5.56 Å². The largest absolute Gasteiger partial charge is 0.482 e. The highest BCUT2D eigenvalue weighted by Crippen LogP contribution is 2.32. The molecule has 1 aromatic carbocycles. The summed E-state index contributed by atoms with van der Waals surface area (Å²) in [5.41, 5.74) is 2.05. The van der Waals surface area contributed by atoms with Crippen molar-refractivity contribution in [3.05, 3.63) is 23.8 Å². The predicted octanol–water partition coefficient (Wildman–Crippen LogP) is 0.351. The molecule has 1 aliphatic heterocycles. The SMILES string of the molecule is CNCCc1ccc2c(c1)N(CNC)C(=O)CO2. The quantitative estimate of drug-likeness (QED) is 0.790. The molecule has 0 atom stereocenters. The van der Waals surface area contributed by atoms with Crippen LogP contribution in [0.25, 0.3) is 0 Å². The van der Waals surface area contributed by atoms with E-state index in [4.69, 9.17) is 4.74 Å². The molecule has 2 rings (SSSR count). The number of fused-ring (bicyclic) bond motifs is 1. The number of nitrogens with zero attached hydrogens (tertiary/aromatic N) is 1. The normalized spacial score (nSPS) is 14.3. The summed E-state index contributed by atoms with van der Waals surface area (Å²) in [6, 6.07) is 6.01. The molecule has 1 heterocycles. The van der Waals surface area contributed by atoms with Gasteiger partial charge in [0.2, 0.25) is 0 Å². The predicted molar refractivity (Wildman–Crippen MR) is 71.0 cm³/mol. The highest BCUT2D eigenvalue weighted by molar-refractivity contribution is 5.97. The molecule has 5 nitrogen and oxygen atoms in total. The Labute approximate surface area is 107 Å². The second kappa shape index (κ2) is 5.84. The number of carbonyl (C=O) groups excluding carboxylic acids is 1. The van der Waals surface area contributed by atoms with Crippen LogP contribution >= 0.6 is 0 Å². The summed E-state index contributed by atoms with van der Waals surface area (Å²) >= 11 is 0. The third-order valence-corrected chi connectivity index (χ3v) is 2.95. The molecule has 1 amide bonds. The molecule has 0 saturated carbocycles. The number of likely N-dealkylation sites (N-methyl/N-ethyl adjacent to an activating group) is 1. The highest BCUT2D eigenvalue weighted by Gasteiger charge is 2.24. The third kappa shape index (κ3) is 2.63. The topological polar surface area (TPSA) is 53.6 Å². The Bertz CT molecular complexity index is 434. The van der Waals surface area contributed by atoms with Gasteiger partial charge in [0.15, 0.2) is 6.61 Å². The van der Waals surface area contributed by atoms with Crippen molar-refractivity contribution in [2.45, 2.75) is 6.42 Å². The first-order chi connectivity index (χ1) is 8.76. The first-order valence-electron chi connectivity index (χ1n) is 6.11. The Balaban J connectivity index is 2.26. The molecule has 1 aliphatic rings. The van der Waals surface area contributed by atoms with E-state index in [2.05, 4.69) is 10.6 Å². The average Bonchev–Trinajstić information content (AvgIpc) is 2.39. The van der Waals surface area contributed by atoms with Crippen molar-refractivity contribution in [3.63, 3.8) is 0 Å². The molecule has 0 unspecified atom stereocenters. The zero-order chi connectivity index (χ0) is 13.0. The maximum absolute atomic E-state index is 11.8. The van der Waals surface area contributed by atoms with Crippen molar-refractivity contribution in [3.8, 4) is 5.75 Å². The van der Waals surface area contributed by atoms with Gasteiger partial charge in [-0.1, -0.05) is 6.07 Å². The molecule has 0 aromatic heterocycles. The minimum absolute atomic E-state index is 0.0115. The van der Waals surface area contributed by atoms with E-state index in [-0.39, 0.29) is 12.5 Å². The van der Waals surface area contributed by atoms with Gasteiger partial charge in [-0.2, -0.15) is 0 Å². The average molecular weight is 249 g/mol. The number of amides is 1. The van der Waals surface area contributed by atoms with Gasteiger partial charge >= 0.3 is 0 Å². The van der Waals surface area contributed by atoms with Crippen LogP contribution in [0, 0.1) is 0 Å². The van der Waals surface area contributed by atoms with Crippen LogP contribution in [0.3, 0.4) is 0 Å². The summed E-state index contributed by atoms with van der Waals surface area (Å²) in [5.74, 6) is 0.765. The van der Waals surface area contributed by atoms with Crippen molar-refractivity contribution in [1.82, 2.24) is 10.6 Å². The van der Waals surface area contributed by atoms with Gasteiger partial charge in [0.25, 0.3) is 5.91 Å². The van der Waals surface area contributed by atoms with Gasteiger partial charge in [-0.05, 0) is 44.8 Å². The molecule has 2 N–H and O–H groups in total. The fourth-order valence-electron chi connectivity index (χ4n) is 2.00. The number of carbonyl (C=O) groups is 1. The van der Waals surface area contributed by atoms with Crippen LogP contribution in [-0.2, 0) is 11.2 Å². The maximum Gasteiger partial charge on any atom is 0.266 e. The number of rotatable bonds is 5. The van der Waals surface area contributed by atoms with E-state index in [0.29, 0.717) is 6.67 Å². The van der Waals surface area contributed by atoms with Crippen molar-refractivity contribution in [1.29, 1.82) is 0 Å². The lowest BCUT2D eigenvalue weighted by Crippen LogP contribution is -2.43. The minimum atomic E-state index is -0.0115. The van der Waals surface area contributed by atoms with Crippen LogP contribution in [-0.4, -0.2) is 39.8 Å². The van der Waals surface area contributed by atoms with Gasteiger partial charge in [0, 0.05) is 0 Å². The summed E-state index contributed by atoms with van der Waals surface area (Å²) in [5, 5.41) is 6.13. The molecule has 0 aliphatic carbocycles. The third-order valence-electron chi connectivity index (χ3n) is 2.95. The summed E-state index contributed by atoms with van der Waals surface area (Å²) in [6.07, 6.45) is 0.936. The number of hydrogen-bond acceptors (Lipinski definition) is 4. The van der Waals surface area contributed by atoms with Crippen LogP contribution in [0.2, 0.25) is 0 Å². The number of ether oxygens (including phenoxy) is 1. The standard InChI is InChI=1S/C13H19N3O2/c1-14-6-5-10-3-4-12-11(7-10)16(9-15-2)13(17)8-18-12/h3-4,7,14-15H,5-6,8-9H2,1-2H3. The van der Waals surface area contributed by atoms with Crippen molar-refractivity contribution >= 4 is 11.6 Å². The van der Waals surface area contributed by atoms with Crippen LogP contribution in [0.15, 0.2) is 18.2 Å². The zero-order valence-electron chi connectivity index (χ0n) is 10.8. The van der Waals surface area contributed by atoms with Crippen LogP contribution in [0.4, 0.5) is 5.69 Å². The Kier molecular flexibility index (Phi) is 4.17. The fourth-order valence-corrected chi connectivity index (χ4v) is 2.00. The highest BCUT2D eigenvalue weighted by atomic mass is 16.5.